The van der Waals surface area contributed by atoms with Crippen LogP contribution >= 0.6 is 11.8 Å². The number of nitriles is 1. The Kier molecular flexibility index (Phi) is 16.5. The lowest BCUT2D eigenvalue weighted by Crippen LogP contribution is -2.49. The molecule has 1 atom stereocenters. The molecule has 7 heteroatoms. The fourth-order valence-corrected chi connectivity index (χ4v) is 5.61. The zero-order chi connectivity index (χ0) is 30.0. The summed E-state index contributed by atoms with van der Waals surface area (Å²) < 4.78 is 0. The summed E-state index contributed by atoms with van der Waals surface area (Å²) in [5.74, 6) is 0. The Balaban J connectivity index is 2.07. The monoisotopic (exact) mass is 576 g/mol. The summed E-state index contributed by atoms with van der Waals surface area (Å²) in [6.45, 7) is 36.7. The number of nitrogens with zero attached hydrogens (tertiary/aromatic N) is 5. The summed E-state index contributed by atoms with van der Waals surface area (Å²) in [5.41, 5.74) is 4.63. The van der Waals surface area contributed by atoms with Crippen LogP contribution in [0.3, 0.4) is 0 Å². The Morgan fingerprint density at radius 2 is 1.44 bits per heavy atom. The lowest BCUT2D eigenvalue weighted by atomic mass is 10.0. The molecule has 1 N–H and O–H groups in total. The summed E-state index contributed by atoms with van der Waals surface area (Å²) in [4.78, 5) is 11.2. The van der Waals surface area contributed by atoms with Crippen molar-refractivity contribution in [3.8, 4) is 5.40 Å². The number of benzene rings is 1. The van der Waals surface area contributed by atoms with Gasteiger partial charge in [0.2, 0.25) is 0 Å². The number of nitrogens with one attached hydrogen (secondary N) is 1. The number of rotatable bonds is 15. The van der Waals surface area contributed by atoms with E-state index in [2.05, 4.69) is 89.2 Å². The maximum absolute atomic E-state index is 8.86. The van der Waals surface area contributed by atoms with Crippen LogP contribution in [0.1, 0.15) is 32.3 Å². The zero-order valence-corrected chi connectivity index (χ0v) is 26.4. The molecular formula is C34H52N6S. The van der Waals surface area contributed by atoms with Crippen molar-refractivity contribution in [1.29, 1.82) is 5.26 Å². The van der Waals surface area contributed by atoms with Crippen LogP contribution in [0.5, 0.6) is 0 Å². The molecule has 0 bridgehead atoms. The van der Waals surface area contributed by atoms with Crippen LogP contribution < -0.4 is 5.32 Å². The fourth-order valence-electron chi connectivity index (χ4n) is 5.23. The highest BCUT2D eigenvalue weighted by Crippen LogP contribution is 2.19. The molecule has 1 aliphatic rings. The van der Waals surface area contributed by atoms with E-state index < -0.39 is 0 Å². The summed E-state index contributed by atoms with van der Waals surface area (Å²) in [6.07, 6.45) is 5.90. The molecule has 0 radical (unpaired) electrons. The van der Waals surface area contributed by atoms with E-state index >= 15 is 0 Å². The van der Waals surface area contributed by atoms with Crippen molar-refractivity contribution in [3.63, 3.8) is 0 Å². The quantitative estimate of drug-likeness (QED) is 0.162. The normalized spacial score (nSPS) is 17.4. The van der Waals surface area contributed by atoms with Crippen molar-refractivity contribution in [3.05, 3.63) is 91.7 Å². The van der Waals surface area contributed by atoms with Crippen molar-refractivity contribution in [1.82, 2.24) is 24.9 Å². The second kappa shape index (κ2) is 19.5. The summed E-state index contributed by atoms with van der Waals surface area (Å²) >= 11 is 1.18. The molecule has 0 saturated carbocycles. The van der Waals surface area contributed by atoms with Gasteiger partial charge in [-0.2, -0.15) is 5.26 Å². The van der Waals surface area contributed by atoms with Gasteiger partial charge >= 0.3 is 0 Å². The van der Waals surface area contributed by atoms with Crippen molar-refractivity contribution in [2.75, 3.05) is 72.0 Å². The molecule has 1 unspecified atom stereocenters. The average molecular weight is 577 g/mol. The Morgan fingerprint density at radius 3 is 1.95 bits per heavy atom. The van der Waals surface area contributed by atoms with E-state index in [0.29, 0.717) is 0 Å². The first-order chi connectivity index (χ1) is 19.7. The third kappa shape index (κ3) is 13.7. The molecule has 1 fully saturated rings. The van der Waals surface area contributed by atoms with Crippen molar-refractivity contribution in [2.24, 2.45) is 0 Å². The van der Waals surface area contributed by atoms with E-state index in [0.717, 1.165) is 102 Å². The Bertz CT molecular complexity index is 1030. The van der Waals surface area contributed by atoms with Gasteiger partial charge in [0.05, 0.1) is 0 Å². The molecule has 0 aliphatic carbocycles. The van der Waals surface area contributed by atoms with Gasteiger partial charge < -0.3 is 5.32 Å². The SMILES string of the molecule is C=CCN1CCN(CC=C)CCN(C(CCC(=C)NCc2ccc(SC#N)cc2)C(=C)C)CCN(CC(=C)C)CC1. The summed E-state index contributed by atoms with van der Waals surface area (Å²) in [6, 6.07) is 8.40. The molecular weight excluding hydrogens is 524 g/mol. The minimum atomic E-state index is 0.285. The minimum Gasteiger partial charge on any atom is -0.385 e. The number of thiocyanates is 1. The molecule has 224 valence electrons. The summed E-state index contributed by atoms with van der Waals surface area (Å²) in [5, 5.41) is 14.5. The Hall–Kier alpha value is -2.60. The largest absolute Gasteiger partial charge is 0.385 e. The predicted molar refractivity (Wildman–Crippen MR) is 178 cm³/mol. The van der Waals surface area contributed by atoms with Crippen molar-refractivity contribution < 1.29 is 0 Å². The maximum Gasteiger partial charge on any atom is 0.138 e. The van der Waals surface area contributed by atoms with Crippen molar-refractivity contribution >= 4 is 11.8 Å². The highest BCUT2D eigenvalue weighted by atomic mass is 32.2. The van der Waals surface area contributed by atoms with E-state index in [1.165, 1.54) is 28.5 Å². The molecule has 2 rings (SSSR count). The number of hydrogen-bond donors (Lipinski definition) is 1. The maximum atomic E-state index is 8.86. The van der Waals surface area contributed by atoms with Crippen molar-refractivity contribution in [2.45, 2.75) is 44.2 Å². The van der Waals surface area contributed by atoms with Crippen LogP contribution in [-0.2, 0) is 6.54 Å². The highest BCUT2D eigenvalue weighted by Gasteiger charge is 2.22. The standard InChI is InChI=1S/C34H52N6S/c1-8-16-37-18-19-38(17-9-2)22-24-40(25-23-39(21-20-37)27-29(3)4)34(30(5)6)15-10-31(7)36-26-32-11-13-33(14-12-32)41-28-35/h8-9,11-14,34,36H,1-3,5,7,10,15-27H2,4,6H3. The van der Waals surface area contributed by atoms with Gasteiger partial charge in [-0.15, -0.1) is 13.2 Å². The van der Waals surface area contributed by atoms with Gasteiger partial charge in [-0.1, -0.05) is 55.2 Å². The first-order valence-electron chi connectivity index (χ1n) is 14.7. The minimum absolute atomic E-state index is 0.285. The molecule has 41 heavy (non-hydrogen) atoms. The van der Waals surface area contributed by atoms with Gasteiger partial charge in [0.1, 0.15) is 5.40 Å². The van der Waals surface area contributed by atoms with Crippen LogP contribution in [0.15, 0.2) is 91.1 Å². The molecule has 1 aromatic rings. The molecule has 1 heterocycles. The Morgan fingerprint density at radius 1 is 0.902 bits per heavy atom. The van der Waals surface area contributed by atoms with Crippen LogP contribution in [0, 0.1) is 10.7 Å². The molecule has 1 aliphatic heterocycles. The second-order valence-corrected chi connectivity index (χ2v) is 12.0. The summed E-state index contributed by atoms with van der Waals surface area (Å²) in [7, 11) is 0. The van der Waals surface area contributed by atoms with Crippen LogP contribution in [0.25, 0.3) is 0 Å². The molecule has 0 amide bonds. The molecule has 0 spiro atoms. The van der Waals surface area contributed by atoms with Crippen LogP contribution in [-0.4, -0.2) is 97.6 Å². The van der Waals surface area contributed by atoms with E-state index in [1.54, 1.807) is 0 Å². The van der Waals surface area contributed by atoms with E-state index in [1.807, 2.05) is 24.3 Å². The average Bonchev–Trinajstić information content (AvgIpc) is 2.93. The van der Waals surface area contributed by atoms with Crippen LogP contribution in [0.4, 0.5) is 0 Å². The fraction of sp³-hybridized carbons (Fsp3) is 0.500. The van der Waals surface area contributed by atoms with Gasteiger partial charge in [-0.3, -0.25) is 19.6 Å². The zero-order valence-electron chi connectivity index (χ0n) is 25.6. The van der Waals surface area contributed by atoms with Gasteiger partial charge in [0.25, 0.3) is 0 Å². The lowest BCUT2D eigenvalue weighted by molar-refractivity contribution is 0.127. The predicted octanol–water partition coefficient (Wildman–Crippen LogP) is 5.76. The van der Waals surface area contributed by atoms with Gasteiger partial charge in [0, 0.05) is 95.2 Å². The third-order valence-corrected chi connectivity index (χ3v) is 8.10. The first kappa shape index (κ1) is 34.6. The van der Waals surface area contributed by atoms with Crippen LogP contribution in [0.2, 0.25) is 0 Å². The van der Waals surface area contributed by atoms with E-state index in [4.69, 9.17) is 5.26 Å². The number of thioether (sulfide) groups is 1. The number of hydrogen-bond acceptors (Lipinski definition) is 7. The topological polar surface area (TPSA) is 48.8 Å². The highest BCUT2D eigenvalue weighted by molar-refractivity contribution is 8.03. The third-order valence-electron chi connectivity index (χ3n) is 7.50. The first-order valence-corrected chi connectivity index (χ1v) is 15.6. The smallest absolute Gasteiger partial charge is 0.138 e. The number of allylic oxidation sites excluding steroid dienone is 1. The molecule has 6 nitrogen and oxygen atoms in total. The molecule has 1 saturated heterocycles. The molecule has 1 aromatic carbocycles. The van der Waals surface area contributed by atoms with Gasteiger partial charge in [0.15, 0.2) is 0 Å². The van der Waals surface area contributed by atoms with E-state index in [9.17, 15) is 0 Å². The molecule has 0 aromatic heterocycles. The van der Waals surface area contributed by atoms with E-state index in [-0.39, 0.29) is 6.04 Å². The van der Waals surface area contributed by atoms with Gasteiger partial charge in [-0.05, 0) is 56.1 Å². The van der Waals surface area contributed by atoms with Gasteiger partial charge in [-0.25, -0.2) is 0 Å². The lowest BCUT2D eigenvalue weighted by Gasteiger charge is -2.37. The second-order valence-electron chi connectivity index (χ2n) is 11.1. The Labute approximate surface area is 254 Å².